The molecule has 1 heterocycles. The number of hydrogen-bond acceptors (Lipinski definition) is 3. The van der Waals surface area contributed by atoms with E-state index in [0.29, 0.717) is 29.6 Å². The van der Waals surface area contributed by atoms with Crippen LogP contribution in [0.4, 0.5) is 4.39 Å². The van der Waals surface area contributed by atoms with Crippen molar-refractivity contribution < 1.29 is 18.3 Å². The summed E-state index contributed by atoms with van der Waals surface area (Å²) in [6.07, 6.45) is 1.56. The number of rotatable bonds is 7. The number of nitrogens with zero attached hydrogens (tertiary/aromatic N) is 1. The van der Waals surface area contributed by atoms with E-state index in [0.717, 1.165) is 5.56 Å². The van der Waals surface area contributed by atoms with Gasteiger partial charge in [0.1, 0.15) is 17.3 Å². The van der Waals surface area contributed by atoms with E-state index in [9.17, 15) is 9.18 Å². The third kappa shape index (κ3) is 5.10. The van der Waals surface area contributed by atoms with Gasteiger partial charge < -0.3 is 14.1 Å². The van der Waals surface area contributed by atoms with E-state index >= 15 is 0 Å². The molecule has 3 aromatic rings. The number of furan rings is 1. The first kappa shape index (κ1) is 18.0. The summed E-state index contributed by atoms with van der Waals surface area (Å²) in [6.45, 7) is 0.501. The summed E-state index contributed by atoms with van der Waals surface area (Å²) in [6, 6.07) is 16.4. The summed E-state index contributed by atoms with van der Waals surface area (Å²) in [5.41, 5.74) is 0.817. The van der Waals surface area contributed by atoms with E-state index in [2.05, 4.69) is 0 Å². The van der Waals surface area contributed by atoms with Crippen LogP contribution in [0.1, 0.15) is 11.3 Å². The number of hydrogen-bond donors (Lipinski definition) is 0. The zero-order chi connectivity index (χ0) is 18.4. The van der Waals surface area contributed by atoms with Crippen LogP contribution >= 0.6 is 11.6 Å². The topological polar surface area (TPSA) is 42.7 Å². The summed E-state index contributed by atoms with van der Waals surface area (Å²) in [4.78, 5) is 14.2. The maximum absolute atomic E-state index is 13.1. The molecule has 0 saturated heterocycles. The van der Waals surface area contributed by atoms with Gasteiger partial charge in [-0.1, -0.05) is 23.7 Å². The Hall–Kier alpha value is -2.79. The number of halogens is 2. The van der Waals surface area contributed by atoms with Crippen LogP contribution in [0.25, 0.3) is 0 Å². The summed E-state index contributed by atoms with van der Waals surface area (Å²) in [5, 5.41) is 0.597. The normalized spacial score (nSPS) is 10.5. The largest absolute Gasteiger partial charge is 0.484 e. The highest BCUT2D eigenvalue weighted by molar-refractivity contribution is 6.30. The Morgan fingerprint density at radius 2 is 1.77 bits per heavy atom. The summed E-state index contributed by atoms with van der Waals surface area (Å²) in [7, 11) is 0. The molecule has 0 spiro atoms. The van der Waals surface area contributed by atoms with Crippen molar-refractivity contribution in [3.05, 3.63) is 89.1 Å². The van der Waals surface area contributed by atoms with Gasteiger partial charge in [-0.05, 0) is 54.1 Å². The van der Waals surface area contributed by atoms with Gasteiger partial charge in [0.05, 0.1) is 12.8 Å². The Kier molecular flexibility index (Phi) is 5.92. The van der Waals surface area contributed by atoms with E-state index in [1.165, 1.54) is 12.1 Å². The van der Waals surface area contributed by atoms with E-state index in [1.54, 1.807) is 59.7 Å². The molecule has 134 valence electrons. The molecule has 4 nitrogen and oxygen atoms in total. The van der Waals surface area contributed by atoms with Gasteiger partial charge in [0, 0.05) is 11.6 Å². The molecule has 1 aromatic heterocycles. The minimum absolute atomic E-state index is 0.121. The molecule has 2 aromatic carbocycles. The predicted octanol–water partition coefficient (Wildman–Crippen LogP) is 4.68. The molecule has 0 saturated carbocycles. The summed E-state index contributed by atoms with van der Waals surface area (Å²) in [5.74, 6) is 0.693. The number of ether oxygens (including phenoxy) is 1. The molecule has 0 unspecified atom stereocenters. The average molecular weight is 374 g/mol. The van der Waals surface area contributed by atoms with Crippen LogP contribution in [0, 0.1) is 5.82 Å². The van der Waals surface area contributed by atoms with Crippen molar-refractivity contribution in [2.24, 2.45) is 0 Å². The molecule has 3 rings (SSSR count). The molecule has 0 aliphatic heterocycles. The van der Waals surface area contributed by atoms with Gasteiger partial charge in [0.25, 0.3) is 5.91 Å². The molecule has 1 amide bonds. The number of amides is 1. The fourth-order valence-corrected chi connectivity index (χ4v) is 2.53. The molecule has 0 radical (unpaired) electrons. The first-order valence-corrected chi connectivity index (χ1v) is 8.41. The van der Waals surface area contributed by atoms with Crippen LogP contribution in [-0.2, 0) is 17.9 Å². The first-order chi connectivity index (χ1) is 12.6. The lowest BCUT2D eigenvalue weighted by atomic mass is 10.2. The van der Waals surface area contributed by atoms with Gasteiger partial charge in [-0.15, -0.1) is 0 Å². The number of carbonyl (C=O) groups is 1. The summed E-state index contributed by atoms with van der Waals surface area (Å²) >= 11 is 5.84. The third-order valence-corrected chi connectivity index (χ3v) is 3.99. The minimum Gasteiger partial charge on any atom is -0.484 e. The molecule has 0 atom stereocenters. The van der Waals surface area contributed by atoms with E-state index in [1.807, 2.05) is 0 Å². The van der Waals surface area contributed by atoms with Crippen molar-refractivity contribution in [1.82, 2.24) is 4.90 Å². The minimum atomic E-state index is -0.316. The molecule has 0 bridgehead atoms. The van der Waals surface area contributed by atoms with Gasteiger partial charge >= 0.3 is 0 Å². The maximum Gasteiger partial charge on any atom is 0.261 e. The Morgan fingerprint density at radius 3 is 2.42 bits per heavy atom. The Balaban J connectivity index is 1.67. The van der Waals surface area contributed by atoms with Crippen molar-refractivity contribution >= 4 is 17.5 Å². The van der Waals surface area contributed by atoms with Crippen molar-refractivity contribution in [2.45, 2.75) is 13.1 Å². The Labute approximate surface area is 155 Å². The van der Waals surface area contributed by atoms with Crippen LogP contribution in [0.2, 0.25) is 5.02 Å². The van der Waals surface area contributed by atoms with Gasteiger partial charge in [-0.3, -0.25) is 4.79 Å². The summed E-state index contributed by atoms with van der Waals surface area (Å²) < 4.78 is 24.0. The SMILES string of the molecule is O=C(COc1ccc(Cl)cc1)N(Cc1ccc(F)cc1)Cc1ccco1. The van der Waals surface area contributed by atoms with Gasteiger partial charge in [0.2, 0.25) is 0 Å². The maximum atomic E-state index is 13.1. The molecule has 0 aliphatic rings. The van der Waals surface area contributed by atoms with Crippen molar-refractivity contribution in [3.8, 4) is 5.75 Å². The third-order valence-electron chi connectivity index (χ3n) is 3.74. The fraction of sp³-hybridized carbons (Fsp3) is 0.150. The van der Waals surface area contributed by atoms with E-state index in [-0.39, 0.29) is 18.3 Å². The van der Waals surface area contributed by atoms with Crippen LogP contribution < -0.4 is 4.74 Å². The zero-order valence-electron chi connectivity index (χ0n) is 13.9. The van der Waals surface area contributed by atoms with Crippen molar-refractivity contribution in [3.63, 3.8) is 0 Å². The van der Waals surface area contributed by atoms with Crippen LogP contribution in [-0.4, -0.2) is 17.4 Å². The lowest BCUT2D eigenvalue weighted by Crippen LogP contribution is -2.34. The highest BCUT2D eigenvalue weighted by Gasteiger charge is 2.17. The van der Waals surface area contributed by atoms with Crippen LogP contribution in [0.15, 0.2) is 71.3 Å². The van der Waals surface area contributed by atoms with Gasteiger partial charge in [0.15, 0.2) is 6.61 Å². The molecular weight excluding hydrogens is 357 g/mol. The van der Waals surface area contributed by atoms with Gasteiger partial charge in [-0.2, -0.15) is 0 Å². The Morgan fingerprint density at radius 1 is 1.04 bits per heavy atom. The second kappa shape index (κ2) is 8.54. The monoisotopic (exact) mass is 373 g/mol. The molecular formula is C20H17ClFNO3. The second-order valence-electron chi connectivity index (χ2n) is 5.70. The molecule has 0 fully saturated rings. The van der Waals surface area contributed by atoms with Crippen molar-refractivity contribution in [1.29, 1.82) is 0 Å². The zero-order valence-corrected chi connectivity index (χ0v) is 14.7. The number of benzene rings is 2. The molecule has 6 heteroatoms. The predicted molar refractivity (Wildman–Crippen MR) is 96.3 cm³/mol. The highest BCUT2D eigenvalue weighted by atomic mass is 35.5. The van der Waals surface area contributed by atoms with Crippen LogP contribution in [0.3, 0.4) is 0 Å². The molecule has 26 heavy (non-hydrogen) atoms. The van der Waals surface area contributed by atoms with E-state index < -0.39 is 0 Å². The standard InChI is InChI=1S/C20H17ClFNO3/c21-16-5-9-18(10-6-16)26-14-20(24)23(13-19-2-1-11-25-19)12-15-3-7-17(22)8-4-15/h1-11H,12-14H2. The fourth-order valence-electron chi connectivity index (χ4n) is 2.40. The second-order valence-corrected chi connectivity index (χ2v) is 6.13. The van der Waals surface area contributed by atoms with Crippen LogP contribution in [0.5, 0.6) is 5.75 Å². The van der Waals surface area contributed by atoms with Gasteiger partial charge in [-0.25, -0.2) is 4.39 Å². The number of carbonyl (C=O) groups excluding carboxylic acids is 1. The Bertz CT molecular complexity index is 833. The van der Waals surface area contributed by atoms with Crippen molar-refractivity contribution in [2.75, 3.05) is 6.61 Å². The first-order valence-electron chi connectivity index (χ1n) is 8.03. The lowest BCUT2D eigenvalue weighted by molar-refractivity contribution is -0.134. The molecule has 0 N–H and O–H groups in total. The quantitative estimate of drug-likeness (QED) is 0.604. The smallest absolute Gasteiger partial charge is 0.261 e. The lowest BCUT2D eigenvalue weighted by Gasteiger charge is -2.22. The highest BCUT2D eigenvalue weighted by Crippen LogP contribution is 2.16. The molecule has 0 aliphatic carbocycles. The average Bonchev–Trinajstić information content (AvgIpc) is 3.15. The van der Waals surface area contributed by atoms with E-state index in [4.69, 9.17) is 20.8 Å².